The van der Waals surface area contributed by atoms with E-state index in [0.717, 1.165) is 25.2 Å². The summed E-state index contributed by atoms with van der Waals surface area (Å²) in [6.07, 6.45) is 16.2. The summed E-state index contributed by atoms with van der Waals surface area (Å²) in [6, 6.07) is 13.8. The third-order valence-corrected chi connectivity index (χ3v) is 10.9. The number of aromatic nitrogens is 1. The minimum absolute atomic E-state index is 0.0678. The number of carbonyl (C=O) groups is 1. The van der Waals surface area contributed by atoms with Gasteiger partial charge in [0.2, 0.25) is 0 Å². The van der Waals surface area contributed by atoms with Crippen molar-refractivity contribution in [3.63, 3.8) is 0 Å². The maximum absolute atomic E-state index is 13.0. The lowest BCUT2D eigenvalue weighted by atomic mass is 9.37. The van der Waals surface area contributed by atoms with Crippen molar-refractivity contribution in [3.8, 4) is 11.1 Å². The Morgan fingerprint density at radius 3 is 2.47 bits per heavy atom. The van der Waals surface area contributed by atoms with Crippen molar-refractivity contribution in [1.29, 1.82) is 0 Å². The number of hydrogen-bond donors (Lipinski definition) is 0. The van der Waals surface area contributed by atoms with Gasteiger partial charge in [0.15, 0.2) is 0 Å². The van der Waals surface area contributed by atoms with Gasteiger partial charge in [0.1, 0.15) is 5.78 Å². The standard InChI is InChI=1S/C30H37NO/c1-28-17-18-30(24-10-8-21(9-11-24)22-6-5-19-31-20-22)26(25(28)14-15-27(28)32)13-12-23-7-3-4-16-29(23,30)2/h5-6,8-11,19-20,23,25-26H,3-4,7,12-18H2,1-2H3/t23?,25-,26-,28-,29-,30-/m0/s1. The van der Waals surface area contributed by atoms with Crippen LogP contribution in [0.5, 0.6) is 0 Å². The van der Waals surface area contributed by atoms with Crippen LogP contribution in [0.1, 0.15) is 83.6 Å². The van der Waals surface area contributed by atoms with E-state index in [4.69, 9.17) is 0 Å². The van der Waals surface area contributed by atoms with Crippen LogP contribution in [0.15, 0.2) is 48.8 Å². The van der Waals surface area contributed by atoms with Gasteiger partial charge in [0.05, 0.1) is 0 Å². The molecule has 6 rings (SSSR count). The summed E-state index contributed by atoms with van der Waals surface area (Å²) in [5, 5.41) is 0. The molecule has 6 atom stereocenters. The van der Waals surface area contributed by atoms with Crippen LogP contribution in [0.3, 0.4) is 0 Å². The van der Waals surface area contributed by atoms with Gasteiger partial charge in [0.25, 0.3) is 0 Å². The Morgan fingerprint density at radius 1 is 0.844 bits per heavy atom. The highest BCUT2D eigenvalue weighted by Gasteiger charge is 2.67. The molecule has 4 aliphatic rings. The Hall–Kier alpha value is -1.96. The Kier molecular flexibility index (Phi) is 4.69. The fourth-order valence-corrected chi connectivity index (χ4v) is 9.23. The Morgan fingerprint density at radius 2 is 1.69 bits per heavy atom. The number of fused-ring (bicyclic) bond motifs is 5. The van der Waals surface area contributed by atoms with Gasteiger partial charge in [-0.15, -0.1) is 0 Å². The highest BCUT2D eigenvalue weighted by Crippen LogP contribution is 2.71. The van der Waals surface area contributed by atoms with Gasteiger partial charge in [-0.1, -0.05) is 57.0 Å². The van der Waals surface area contributed by atoms with Crippen LogP contribution in [-0.4, -0.2) is 10.8 Å². The van der Waals surface area contributed by atoms with Crippen molar-refractivity contribution in [3.05, 3.63) is 54.4 Å². The molecule has 1 aromatic heterocycles. The molecule has 0 saturated heterocycles. The number of ketones is 1. The van der Waals surface area contributed by atoms with Crippen molar-refractivity contribution in [2.75, 3.05) is 0 Å². The Balaban J connectivity index is 1.48. The fraction of sp³-hybridized carbons (Fsp3) is 0.600. The second-order valence-corrected chi connectivity index (χ2v) is 11.8. The van der Waals surface area contributed by atoms with E-state index in [0.29, 0.717) is 23.0 Å². The van der Waals surface area contributed by atoms with E-state index >= 15 is 0 Å². The maximum Gasteiger partial charge on any atom is 0.139 e. The van der Waals surface area contributed by atoms with Gasteiger partial charge in [-0.05, 0) is 90.9 Å². The normalized spacial score (nSPS) is 40.9. The zero-order valence-electron chi connectivity index (χ0n) is 19.8. The van der Waals surface area contributed by atoms with Gasteiger partial charge in [0, 0.05) is 29.6 Å². The molecule has 168 valence electrons. The van der Waals surface area contributed by atoms with Crippen LogP contribution in [0.2, 0.25) is 0 Å². The molecule has 2 heteroatoms. The first-order valence-electron chi connectivity index (χ1n) is 13.0. The summed E-state index contributed by atoms with van der Waals surface area (Å²) in [5.41, 5.74) is 4.52. The second-order valence-electron chi connectivity index (χ2n) is 11.8. The fourth-order valence-electron chi connectivity index (χ4n) is 9.23. The largest absolute Gasteiger partial charge is 0.299 e. The molecular weight excluding hydrogens is 390 g/mol. The molecule has 2 aromatic rings. The summed E-state index contributed by atoms with van der Waals surface area (Å²) in [7, 11) is 0. The van der Waals surface area contributed by atoms with E-state index in [2.05, 4.69) is 49.2 Å². The predicted molar refractivity (Wildman–Crippen MR) is 129 cm³/mol. The van der Waals surface area contributed by atoms with Crippen LogP contribution in [-0.2, 0) is 10.2 Å². The lowest BCUT2D eigenvalue weighted by Gasteiger charge is -2.67. The molecule has 1 heterocycles. The number of hydrogen-bond acceptors (Lipinski definition) is 2. The highest BCUT2D eigenvalue weighted by molar-refractivity contribution is 5.87. The molecular formula is C30H37NO. The van der Waals surface area contributed by atoms with Crippen LogP contribution < -0.4 is 0 Å². The summed E-state index contributed by atoms with van der Waals surface area (Å²) in [5.74, 6) is 2.61. The molecule has 0 amide bonds. The van der Waals surface area contributed by atoms with E-state index in [1.165, 1.54) is 56.1 Å². The first-order chi connectivity index (χ1) is 15.5. The van der Waals surface area contributed by atoms with Gasteiger partial charge >= 0.3 is 0 Å². The minimum Gasteiger partial charge on any atom is -0.299 e. The van der Waals surface area contributed by atoms with Gasteiger partial charge < -0.3 is 0 Å². The predicted octanol–water partition coefficient (Wildman–Crippen LogP) is 7.37. The van der Waals surface area contributed by atoms with Crippen molar-refractivity contribution < 1.29 is 4.79 Å². The van der Waals surface area contributed by atoms with E-state index in [1.54, 1.807) is 5.56 Å². The summed E-state index contributed by atoms with van der Waals surface area (Å²) >= 11 is 0. The molecule has 4 fully saturated rings. The van der Waals surface area contributed by atoms with Crippen molar-refractivity contribution in [2.45, 2.75) is 83.5 Å². The van der Waals surface area contributed by atoms with Gasteiger partial charge in [-0.3, -0.25) is 9.78 Å². The molecule has 0 N–H and O–H groups in total. The topological polar surface area (TPSA) is 30.0 Å². The molecule has 32 heavy (non-hydrogen) atoms. The zero-order chi connectivity index (χ0) is 22.0. The quantitative estimate of drug-likeness (QED) is 0.501. The third kappa shape index (κ3) is 2.65. The number of carbonyl (C=O) groups excluding carboxylic acids is 1. The van der Waals surface area contributed by atoms with E-state index in [9.17, 15) is 4.79 Å². The molecule has 0 radical (unpaired) electrons. The van der Waals surface area contributed by atoms with E-state index in [-0.39, 0.29) is 10.8 Å². The molecule has 1 aromatic carbocycles. The summed E-state index contributed by atoms with van der Waals surface area (Å²) in [4.78, 5) is 17.3. The van der Waals surface area contributed by atoms with Crippen LogP contribution in [0.25, 0.3) is 11.1 Å². The number of Topliss-reactive ketones (excluding diaryl/α,β-unsaturated/α-hetero) is 1. The number of nitrogens with zero attached hydrogens (tertiary/aromatic N) is 1. The minimum atomic E-state index is -0.0678. The average molecular weight is 428 g/mol. The lowest BCUT2D eigenvalue weighted by Crippen LogP contribution is -2.62. The van der Waals surface area contributed by atoms with Crippen molar-refractivity contribution in [1.82, 2.24) is 4.98 Å². The van der Waals surface area contributed by atoms with Crippen molar-refractivity contribution in [2.24, 2.45) is 28.6 Å². The Bertz CT molecular complexity index is 1010. The number of benzene rings is 1. The molecule has 0 bridgehead atoms. The van der Waals surface area contributed by atoms with Crippen LogP contribution >= 0.6 is 0 Å². The molecule has 2 nitrogen and oxygen atoms in total. The molecule has 0 aliphatic heterocycles. The number of pyridine rings is 1. The summed E-state index contributed by atoms with van der Waals surface area (Å²) < 4.78 is 0. The van der Waals surface area contributed by atoms with Gasteiger partial charge in [-0.2, -0.15) is 0 Å². The first kappa shape index (κ1) is 20.6. The van der Waals surface area contributed by atoms with E-state index < -0.39 is 0 Å². The second kappa shape index (κ2) is 7.27. The molecule has 1 unspecified atom stereocenters. The Labute approximate surface area is 193 Å². The van der Waals surface area contributed by atoms with Crippen molar-refractivity contribution >= 4 is 5.78 Å². The number of rotatable bonds is 2. The SMILES string of the molecule is C[C@]12CCCCC1CC[C@H]1[C@@H]3CCC(=O)[C@@]3(C)CC[C@]12c1ccc(-c2cccnc2)cc1. The summed E-state index contributed by atoms with van der Waals surface area (Å²) in [6.45, 7) is 4.97. The third-order valence-electron chi connectivity index (χ3n) is 10.9. The van der Waals surface area contributed by atoms with Crippen LogP contribution in [0.4, 0.5) is 0 Å². The first-order valence-corrected chi connectivity index (χ1v) is 13.0. The molecule has 0 spiro atoms. The highest BCUT2D eigenvalue weighted by atomic mass is 16.1. The lowest BCUT2D eigenvalue weighted by molar-refractivity contribution is -0.147. The average Bonchev–Trinajstić information content (AvgIpc) is 3.13. The molecule has 4 aliphatic carbocycles. The zero-order valence-corrected chi connectivity index (χ0v) is 19.8. The molecule has 4 saturated carbocycles. The maximum atomic E-state index is 13.0. The van der Waals surface area contributed by atoms with Gasteiger partial charge in [-0.25, -0.2) is 0 Å². The smallest absolute Gasteiger partial charge is 0.139 e. The van der Waals surface area contributed by atoms with Crippen LogP contribution in [0, 0.1) is 28.6 Å². The monoisotopic (exact) mass is 427 g/mol. The van der Waals surface area contributed by atoms with E-state index in [1.807, 2.05) is 18.5 Å².